The standard InChI is InChI=1S/C16H27N3O/c1-4-16(20)15-6-5-14(11-17-15)19-9-7-18(8-10-19)12-13(2)3/h5-6,11,13,16,20H,4,7-10,12H2,1-3H3/t16-/m0/s1. The van der Waals surface area contributed by atoms with E-state index < -0.39 is 6.10 Å². The van der Waals surface area contributed by atoms with Crippen LogP contribution in [0.3, 0.4) is 0 Å². The van der Waals surface area contributed by atoms with Crippen LogP contribution in [0.1, 0.15) is 39.0 Å². The molecule has 0 spiro atoms. The van der Waals surface area contributed by atoms with E-state index in [-0.39, 0.29) is 0 Å². The summed E-state index contributed by atoms with van der Waals surface area (Å²) < 4.78 is 0. The van der Waals surface area contributed by atoms with E-state index in [1.54, 1.807) is 0 Å². The van der Waals surface area contributed by atoms with Crippen molar-refractivity contribution < 1.29 is 5.11 Å². The van der Waals surface area contributed by atoms with Crippen molar-refractivity contribution >= 4 is 5.69 Å². The fourth-order valence-electron chi connectivity index (χ4n) is 2.70. The van der Waals surface area contributed by atoms with Gasteiger partial charge in [-0.2, -0.15) is 0 Å². The van der Waals surface area contributed by atoms with Gasteiger partial charge in [-0.1, -0.05) is 20.8 Å². The van der Waals surface area contributed by atoms with Crippen molar-refractivity contribution in [3.8, 4) is 0 Å². The summed E-state index contributed by atoms with van der Waals surface area (Å²) in [6, 6.07) is 4.03. The van der Waals surface area contributed by atoms with Gasteiger partial charge in [0.05, 0.1) is 23.7 Å². The minimum atomic E-state index is -0.438. The molecule has 1 atom stereocenters. The molecular weight excluding hydrogens is 250 g/mol. The van der Waals surface area contributed by atoms with Crippen LogP contribution in [0, 0.1) is 5.92 Å². The second-order valence-electron chi connectivity index (χ2n) is 6.05. The lowest BCUT2D eigenvalue weighted by Gasteiger charge is -2.36. The number of aromatic nitrogens is 1. The number of hydrogen-bond acceptors (Lipinski definition) is 4. The predicted molar refractivity (Wildman–Crippen MR) is 83.0 cm³/mol. The summed E-state index contributed by atoms with van der Waals surface area (Å²) in [6.07, 6.45) is 2.17. The minimum absolute atomic E-state index is 0.438. The third kappa shape index (κ3) is 3.93. The van der Waals surface area contributed by atoms with Crippen molar-refractivity contribution in [3.63, 3.8) is 0 Å². The Hall–Kier alpha value is -1.13. The van der Waals surface area contributed by atoms with Gasteiger partial charge in [-0.3, -0.25) is 9.88 Å². The van der Waals surface area contributed by atoms with Crippen LogP contribution in [-0.2, 0) is 0 Å². The Kier molecular flexibility index (Phi) is 5.38. The number of aliphatic hydroxyl groups excluding tert-OH is 1. The molecule has 1 aliphatic rings. The average molecular weight is 277 g/mol. The lowest BCUT2D eigenvalue weighted by atomic mass is 10.1. The van der Waals surface area contributed by atoms with Crippen molar-refractivity contribution in [2.75, 3.05) is 37.6 Å². The molecule has 4 heteroatoms. The van der Waals surface area contributed by atoms with Gasteiger partial charge in [0.25, 0.3) is 0 Å². The third-order valence-corrected chi connectivity index (χ3v) is 3.86. The van der Waals surface area contributed by atoms with Gasteiger partial charge in [0.1, 0.15) is 0 Å². The zero-order valence-corrected chi connectivity index (χ0v) is 12.9. The molecule has 2 rings (SSSR count). The van der Waals surface area contributed by atoms with Crippen molar-refractivity contribution in [1.82, 2.24) is 9.88 Å². The smallest absolute Gasteiger partial charge is 0.0957 e. The summed E-state index contributed by atoms with van der Waals surface area (Å²) in [7, 11) is 0. The van der Waals surface area contributed by atoms with E-state index in [0.717, 1.165) is 37.8 Å². The fraction of sp³-hybridized carbons (Fsp3) is 0.688. The number of aliphatic hydroxyl groups is 1. The first-order valence-corrected chi connectivity index (χ1v) is 7.71. The zero-order valence-electron chi connectivity index (χ0n) is 12.9. The highest BCUT2D eigenvalue weighted by atomic mass is 16.3. The average Bonchev–Trinajstić information content (AvgIpc) is 2.47. The molecular formula is C16H27N3O. The first kappa shape index (κ1) is 15.3. The Balaban J connectivity index is 1.90. The maximum Gasteiger partial charge on any atom is 0.0957 e. The Morgan fingerprint density at radius 2 is 1.90 bits per heavy atom. The maximum absolute atomic E-state index is 9.77. The van der Waals surface area contributed by atoms with Gasteiger partial charge in [0.2, 0.25) is 0 Å². The molecule has 0 aromatic carbocycles. The van der Waals surface area contributed by atoms with Crippen LogP contribution < -0.4 is 4.90 Å². The number of anilines is 1. The third-order valence-electron chi connectivity index (χ3n) is 3.86. The highest BCUT2D eigenvalue weighted by Crippen LogP contribution is 2.19. The Bertz CT molecular complexity index is 397. The van der Waals surface area contributed by atoms with Crippen molar-refractivity contribution in [2.24, 2.45) is 5.92 Å². The van der Waals surface area contributed by atoms with Crippen molar-refractivity contribution in [3.05, 3.63) is 24.0 Å². The molecule has 20 heavy (non-hydrogen) atoms. The SMILES string of the molecule is CC[C@H](O)c1ccc(N2CCN(CC(C)C)CC2)cn1. The molecule has 1 aliphatic heterocycles. The van der Waals surface area contributed by atoms with Crippen LogP contribution in [-0.4, -0.2) is 47.7 Å². The largest absolute Gasteiger partial charge is 0.387 e. The molecule has 2 heterocycles. The molecule has 0 bridgehead atoms. The lowest BCUT2D eigenvalue weighted by Crippen LogP contribution is -2.47. The monoisotopic (exact) mass is 277 g/mol. The molecule has 1 aromatic heterocycles. The normalized spacial score (nSPS) is 18.6. The van der Waals surface area contributed by atoms with E-state index in [4.69, 9.17) is 0 Å². The number of piperazine rings is 1. The summed E-state index contributed by atoms with van der Waals surface area (Å²) in [5.41, 5.74) is 1.94. The lowest BCUT2D eigenvalue weighted by molar-refractivity contribution is 0.169. The number of hydrogen-bond donors (Lipinski definition) is 1. The van der Waals surface area contributed by atoms with Gasteiger partial charge in [0.15, 0.2) is 0 Å². The van der Waals surface area contributed by atoms with E-state index >= 15 is 0 Å². The molecule has 112 valence electrons. The van der Waals surface area contributed by atoms with Crippen molar-refractivity contribution in [1.29, 1.82) is 0 Å². The number of pyridine rings is 1. The molecule has 1 aromatic rings. The molecule has 4 nitrogen and oxygen atoms in total. The molecule has 0 aliphatic carbocycles. The fourth-order valence-corrected chi connectivity index (χ4v) is 2.70. The minimum Gasteiger partial charge on any atom is -0.387 e. The first-order chi connectivity index (χ1) is 9.60. The topological polar surface area (TPSA) is 39.6 Å². The summed E-state index contributed by atoms with van der Waals surface area (Å²) in [5, 5.41) is 9.77. The quantitative estimate of drug-likeness (QED) is 0.896. The van der Waals surface area contributed by atoms with E-state index in [1.807, 2.05) is 19.2 Å². The van der Waals surface area contributed by atoms with Crippen LogP contribution in [0.5, 0.6) is 0 Å². The van der Waals surface area contributed by atoms with E-state index in [2.05, 4.69) is 34.7 Å². The van der Waals surface area contributed by atoms with E-state index in [1.165, 1.54) is 12.2 Å². The van der Waals surface area contributed by atoms with Gasteiger partial charge < -0.3 is 10.0 Å². The van der Waals surface area contributed by atoms with Crippen molar-refractivity contribution in [2.45, 2.75) is 33.3 Å². The second kappa shape index (κ2) is 7.04. The second-order valence-corrected chi connectivity index (χ2v) is 6.05. The first-order valence-electron chi connectivity index (χ1n) is 7.71. The molecule has 0 radical (unpaired) electrons. The van der Waals surface area contributed by atoms with Gasteiger partial charge >= 0.3 is 0 Å². The summed E-state index contributed by atoms with van der Waals surface area (Å²) >= 11 is 0. The molecule has 0 saturated carbocycles. The maximum atomic E-state index is 9.77. The molecule has 1 saturated heterocycles. The summed E-state index contributed by atoms with van der Waals surface area (Å²) in [4.78, 5) is 9.30. The van der Waals surface area contributed by atoms with Gasteiger partial charge in [0, 0.05) is 32.7 Å². The Labute approximate surface area is 122 Å². The Morgan fingerprint density at radius 3 is 2.40 bits per heavy atom. The van der Waals surface area contributed by atoms with Gasteiger partial charge in [-0.25, -0.2) is 0 Å². The van der Waals surface area contributed by atoms with Crippen LogP contribution in [0.2, 0.25) is 0 Å². The van der Waals surface area contributed by atoms with Crippen LogP contribution in [0.25, 0.3) is 0 Å². The molecule has 1 fully saturated rings. The van der Waals surface area contributed by atoms with Crippen LogP contribution >= 0.6 is 0 Å². The van der Waals surface area contributed by atoms with E-state index in [0.29, 0.717) is 6.42 Å². The summed E-state index contributed by atoms with van der Waals surface area (Å²) in [5.74, 6) is 0.734. The van der Waals surface area contributed by atoms with Gasteiger partial charge in [-0.05, 0) is 24.5 Å². The molecule has 0 amide bonds. The van der Waals surface area contributed by atoms with Crippen LogP contribution in [0.15, 0.2) is 18.3 Å². The Morgan fingerprint density at radius 1 is 1.20 bits per heavy atom. The van der Waals surface area contributed by atoms with E-state index in [9.17, 15) is 5.11 Å². The highest BCUT2D eigenvalue weighted by molar-refractivity contribution is 5.45. The highest BCUT2D eigenvalue weighted by Gasteiger charge is 2.18. The number of rotatable bonds is 5. The molecule has 1 N–H and O–H groups in total. The van der Waals surface area contributed by atoms with Gasteiger partial charge in [-0.15, -0.1) is 0 Å². The number of nitrogens with zero attached hydrogens (tertiary/aromatic N) is 3. The zero-order chi connectivity index (χ0) is 14.5. The summed E-state index contributed by atoms with van der Waals surface area (Å²) in [6.45, 7) is 12.1. The predicted octanol–water partition coefficient (Wildman–Crippen LogP) is 2.30. The molecule has 0 unspecified atom stereocenters. The van der Waals surface area contributed by atoms with Crippen LogP contribution in [0.4, 0.5) is 5.69 Å².